The standard InChI is InChI=1S/C14H10ClN3/c15-11-6-8-16-13(9-11)18-14-12-4-2-1-3-10(12)5-7-17-14/h1-9H,(H,16,17,18). The van der Waals surface area contributed by atoms with E-state index in [1.807, 2.05) is 30.3 Å². The van der Waals surface area contributed by atoms with E-state index in [0.717, 1.165) is 16.6 Å². The molecule has 0 saturated heterocycles. The van der Waals surface area contributed by atoms with Crippen molar-refractivity contribution >= 4 is 34.0 Å². The number of rotatable bonds is 2. The molecule has 0 amide bonds. The molecular weight excluding hydrogens is 246 g/mol. The molecule has 0 bridgehead atoms. The van der Waals surface area contributed by atoms with Crippen LogP contribution in [0.25, 0.3) is 10.8 Å². The molecule has 4 heteroatoms. The maximum Gasteiger partial charge on any atom is 0.139 e. The van der Waals surface area contributed by atoms with Crippen molar-refractivity contribution < 1.29 is 0 Å². The van der Waals surface area contributed by atoms with Crippen LogP contribution in [0.1, 0.15) is 0 Å². The quantitative estimate of drug-likeness (QED) is 0.751. The zero-order valence-electron chi connectivity index (χ0n) is 9.47. The zero-order valence-corrected chi connectivity index (χ0v) is 10.2. The fourth-order valence-electron chi connectivity index (χ4n) is 1.81. The van der Waals surface area contributed by atoms with E-state index in [1.165, 1.54) is 0 Å². The molecule has 0 aliphatic carbocycles. The Morgan fingerprint density at radius 2 is 1.78 bits per heavy atom. The number of aromatic nitrogens is 2. The molecule has 88 valence electrons. The Labute approximate surface area is 109 Å². The molecule has 3 aromatic rings. The van der Waals surface area contributed by atoms with E-state index in [1.54, 1.807) is 24.5 Å². The van der Waals surface area contributed by atoms with Crippen LogP contribution in [0, 0.1) is 0 Å². The van der Waals surface area contributed by atoms with Crippen molar-refractivity contribution in [3.05, 3.63) is 59.9 Å². The molecule has 0 spiro atoms. The van der Waals surface area contributed by atoms with E-state index >= 15 is 0 Å². The summed E-state index contributed by atoms with van der Waals surface area (Å²) in [5.74, 6) is 1.47. The van der Waals surface area contributed by atoms with Crippen molar-refractivity contribution in [3.63, 3.8) is 0 Å². The highest BCUT2D eigenvalue weighted by Gasteiger charge is 2.03. The van der Waals surface area contributed by atoms with Crippen LogP contribution in [0.4, 0.5) is 11.6 Å². The largest absolute Gasteiger partial charge is 0.324 e. The van der Waals surface area contributed by atoms with Crippen LogP contribution < -0.4 is 5.32 Å². The van der Waals surface area contributed by atoms with Gasteiger partial charge in [-0.05, 0) is 23.6 Å². The Morgan fingerprint density at radius 1 is 0.944 bits per heavy atom. The average molecular weight is 256 g/mol. The SMILES string of the molecule is Clc1ccnc(Nc2nccc3ccccc23)c1. The number of benzene rings is 1. The van der Waals surface area contributed by atoms with Gasteiger partial charge in [-0.1, -0.05) is 35.9 Å². The highest BCUT2D eigenvalue weighted by molar-refractivity contribution is 6.30. The first-order valence-electron chi connectivity index (χ1n) is 5.55. The lowest BCUT2D eigenvalue weighted by atomic mass is 10.1. The molecule has 0 aliphatic rings. The number of halogens is 1. The predicted octanol–water partition coefficient (Wildman–Crippen LogP) is 4.03. The lowest BCUT2D eigenvalue weighted by molar-refractivity contribution is 1.27. The molecular formula is C14H10ClN3. The second-order valence-corrected chi connectivity index (χ2v) is 4.30. The van der Waals surface area contributed by atoms with Crippen molar-refractivity contribution in [2.24, 2.45) is 0 Å². The Hall–Kier alpha value is -2.13. The van der Waals surface area contributed by atoms with Gasteiger partial charge in [-0.15, -0.1) is 0 Å². The molecule has 2 aromatic heterocycles. The number of nitrogens with zero attached hydrogens (tertiary/aromatic N) is 2. The molecule has 0 atom stereocenters. The van der Waals surface area contributed by atoms with Gasteiger partial charge < -0.3 is 5.32 Å². The molecule has 0 fully saturated rings. The Bertz CT molecular complexity index is 692. The first-order chi connectivity index (χ1) is 8.83. The first kappa shape index (κ1) is 11.0. The number of pyridine rings is 2. The van der Waals surface area contributed by atoms with E-state index in [9.17, 15) is 0 Å². The molecule has 3 nitrogen and oxygen atoms in total. The van der Waals surface area contributed by atoms with Gasteiger partial charge in [-0.25, -0.2) is 9.97 Å². The Kier molecular flexibility index (Phi) is 2.82. The van der Waals surface area contributed by atoms with E-state index in [0.29, 0.717) is 10.8 Å². The number of fused-ring (bicyclic) bond motifs is 1. The topological polar surface area (TPSA) is 37.8 Å². The van der Waals surface area contributed by atoms with Gasteiger partial charge in [0.2, 0.25) is 0 Å². The van der Waals surface area contributed by atoms with Crippen LogP contribution in [0.15, 0.2) is 54.9 Å². The summed E-state index contributed by atoms with van der Waals surface area (Å²) in [6.07, 6.45) is 3.44. The second kappa shape index (κ2) is 4.63. The minimum absolute atomic E-state index is 0.646. The van der Waals surface area contributed by atoms with Gasteiger partial charge >= 0.3 is 0 Å². The Balaban J connectivity index is 2.05. The molecule has 1 N–H and O–H groups in total. The molecule has 1 aromatic carbocycles. The van der Waals surface area contributed by atoms with Crippen LogP contribution in [0.2, 0.25) is 5.02 Å². The fourth-order valence-corrected chi connectivity index (χ4v) is 1.97. The van der Waals surface area contributed by atoms with Crippen LogP contribution in [0.3, 0.4) is 0 Å². The van der Waals surface area contributed by atoms with E-state index in [4.69, 9.17) is 11.6 Å². The highest BCUT2D eigenvalue weighted by atomic mass is 35.5. The van der Waals surface area contributed by atoms with Gasteiger partial charge in [-0.2, -0.15) is 0 Å². The van der Waals surface area contributed by atoms with Crippen LogP contribution >= 0.6 is 11.6 Å². The number of anilines is 2. The lowest BCUT2D eigenvalue weighted by Crippen LogP contribution is -1.96. The molecule has 2 heterocycles. The van der Waals surface area contributed by atoms with Crippen LogP contribution in [-0.2, 0) is 0 Å². The van der Waals surface area contributed by atoms with Crippen LogP contribution in [-0.4, -0.2) is 9.97 Å². The molecule has 18 heavy (non-hydrogen) atoms. The summed E-state index contributed by atoms with van der Waals surface area (Å²) >= 11 is 5.93. The third-order valence-electron chi connectivity index (χ3n) is 2.64. The lowest BCUT2D eigenvalue weighted by Gasteiger charge is -2.07. The minimum Gasteiger partial charge on any atom is -0.324 e. The third kappa shape index (κ3) is 2.13. The highest BCUT2D eigenvalue weighted by Crippen LogP contribution is 2.23. The van der Waals surface area contributed by atoms with Gasteiger partial charge in [0.1, 0.15) is 11.6 Å². The average Bonchev–Trinajstić information content (AvgIpc) is 2.39. The van der Waals surface area contributed by atoms with E-state index < -0.39 is 0 Å². The van der Waals surface area contributed by atoms with Crippen molar-refractivity contribution in [3.8, 4) is 0 Å². The Morgan fingerprint density at radius 3 is 2.67 bits per heavy atom. The first-order valence-corrected chi connectivity index (χ1v) is 5.93. The second-order valence-electron chi connectivity index (χ2n) is 3.86. The molecule has 0 radical (unpaired) electrons. The number of hydrogen-bond acceptors (Lipinski definition) is 3. The summed E-state index contributed by atoms with van der Waals surface area (Å²) < 4.78 is 0. The molecule has 0 aliphatic heterocycles. The number of hydrogen-bond donors (Lipinski definition) is 1. The van der Waals surface area contributed by atoms with Crippen molar-refractivity contribution in [2.75, 3.05) is 5.32 Å². The normalized spacial score (nSPS) is 10.5. The monoisotopic (exact) mass is 255 g/mol. The minimum atomic E-state index is 0.646. The van der Waals surface area contributed by atoms with Gasteiger partial charge in [0.15, 0.2) is 0 Å². The summed E-state index contributed by atoms with van der Waals surface area (Å²) in [5.41, 5.74) is 0. The zero-order chi connectivity index (χ0) is 12.4. The van der Waals surface area contributed by atoms with Crippen LogP contribution in [0.5, 0.6) is 0 Å². The van der Waals surface area contributed by atoms with Crippen molar-refractivity contribution in [1.29, 1.82) is 0 Å². The summed E-state index contributed by atoms with van der Waals surface area (Å²) in [6.45, 7) is 0. The van der Waals surface area contributed by atoms with Gasteiger partial charge in [0.25, 0.3) is 0 Å². The van der Waals surface area contributed by atoms with Gasteiger partial charge in [0, 0.05) is 22.8 Å². The van der Waals surface area contributed by atoms with Gasteiger partial charge in [-0.3, -0.25) is 0 Å². The fraction of sp³-hybridized carbons (Fsp3) is 0. The molecule has 3 rings (SSSR count). The van der Waals surface area contributed by atoms with Crippen molar-refractivity contribution in [2.45, 2.75) is 0 Å². The summed E-state index contributed by atoms with van der Waals surface area (Å²) in [7, 11) is 0. The summed E-state index contributed by atoms with van der Waals surface area (Å²) in [6, 6.07) is 13.5. The maximum absolute atomic E-state index is 5.93. The third-order valence-corrected chi connectivity index (χ3v) is 2.88. The van der Waals surface area contributed by atoms with E-state index in [-0.39, 0.29) is 0 Å². The molecule has 0 saturated carbocycles. The van der Waals surface area contributed by atoms with E-state index in [2.05, 4.69) is 15.3 Å². The smallest absolute Gasteiger partial charge is 0.139 e. The summed E-state index contributed by atoms with van der Waals surface area (Å²) in [5, 5.41) is 6.02. The summed E-state index contributed by atoms with van der Waals surface area (Å²) in [4.78, 5) is 8.54. The predicted molar refractivity (Wildman–Crippen MR) is 74.3 cm³/mol. The van der Waals surface area contributed by atoms with Crippen molar-refractivity contribution in [1.82, 2.24) is 9.97 Å². The molecule has 0 unspecified atom stereocenters. The maximum atomic E-state index is 5.93. The van der Waals surface area contributed by atoms with Gasteiger partial charge in [0.05, 0.1) is 0 Å². The number of nitrogens with one attached hydrogen (secondary N) is 1.